The van der Waals surface area contributed by atoms with Crippen LogP contribution in [-0.2, 0) is 0 Å². The molecule has 0 saturated carbocycles. The third-order valence-electron chi connectivity index (χ3n) is 1.19. The summed E-state index contributed by atoms with van der Waals surface area (Å²) in [5, 5.41) is 12.6. The molecule has 4 heteroatoms. The maximum Gasteiger partial charge on any atom is 0.235 e. The van der Waals surface area contributed by atoms with Crippen molar-refractivity contribution in [3.05, 3.63) is 52.2 Å². The molecule has 0 atom stereocenters. The van der Waals surface area contributed by atoms with Crippen LogP contribution in [-0.4, -0.2) is 19.0 Å². The Morgan fingerprint density at radius 1 is 1.29 bits per heavy atom. The normalized spacial score (nSPS) is 9.29. The van der Waals surface area contributed by atoms with Crippen molar-refractivity contribution in [2.75, 3.05) is 14.1 Å². The van der Waals surface area contributed by atoms with Gasteiger partial charge in [0.25, 0.3) is 0 Å². The molecule has 14 heavy (non-hydrogen) atoms. The van der Waals surface area contributed by atoms with Gasteiger partial charge in [0.2, 0.25) is 6.20 Å². The summed E-state index contributed by atoms with van der Waals surface area (Å²) in [6, 6.07) is 9.14. The van der Waals surface area contributed by atoms with Crippen LogP contribution in [0.1, 0.15) is 5.56 Å². The van der Waals surface area contributed by atoms with Crippen molar-refractivity contribution >= 4 is 6.08 Å². The van der Waals surface area contributed by atoms with E-state index >= 15 is 0 Å². The third kappa shape index (κ3) is 7.00. The van der Waals surface area contributed by atoms with Crippen molar-refractivity contribution in [2.24, 2.45) is 0 Å². The molecule has 0 amide bonds. The summed E-state index contributed by atoms with van der Waals surface area (Å²) in [6.07, 6.45) is 2.38. The van der Waals surface area contributed by atoms with Gasteiger partial charge in [-0.05, 0) is 19.7 Å². The van der Waals surface area contributed by atoms with Crippen molar-refractivity contribution in [1.82, 2.24) is 5.32 Å². The first-order valence-electron chi connectivity index (χ1n) is 4.16. The molecule has 0 aliphatic heterocycles. The minimum absolute atomic E-state index is 0.479. The molecule has 1 N–H and O–H groups in total. The van der Waals surface area contributed by atoms with E-state index < -0.39 is 4.92 Å². The predicted molar refractivity (Wildman–Crippen MR) is 57.5 cm³/mol. The first-order chi connectivity index (χ1) is 6.70. The molecule has 0 spiro atoms. The average Bonchev–Trinajstić information content (AvgIpc) is 2.18. The molecule has 76 valence electrons. The maximum absolute atomic E-state index is 9.89. The lowest BCUT2D eigenvalue weighted by Gasteiger charge is -1.86. The number of nitrogens with zero attached hydrogens (tertiary/aromatic N) is 1. The van der Waals surface area contributed by atoms with Crippen LogP contribution in [0, 0.1) is 10.1 Å². The summed E-state index contributed by atoms with van der Waals surface area (Å²) >= 11 is 0. The Hall–Kier alpha value is -1.68. The second-order valence-electron chi connectivity index (χ2n) is 2.51. The summed E-state index contributed by atoms with van der Waals surface area (Å²) in [7, 11) is 3.75. The van der Waals surface area contributed by atoms with Gasteiger partial charge in [0.05, 0.1) is 4.92 Å². The van der Waals surface area contributed by atoms with E-state index in [4.69, 9.17) is 0 Å². The number of hydrogen-bond donors (Lipinski definition) is 1. The highest BCUT2D eigenvalue weighted by Gasteiger charge is 1.86. The van der Waals surface area contributed by atoms with Crippen LogP contribution in [0.2, 0.25) is 0 Å². The van der Waals surface area contributed by atoms with Crippen molar-refractivity contribution in [3.8, 4) is 0 Å². The van der Waals surface area contributed by atoms with E-state index in [2.05, 4.69) is 5.32 Å². The Balaban J connectivity index is 0.000000500. The average molecular weight is 194 g/mol. The van der Waals surface area contributed by atoms with Gasteiger partial charge in [-0.2, -0.15) is 0 Å². The van der Waals surface area contributed by atoms with Gasteiger partial charge in [-0.1, -0.05) is 30.3 Å². The zero-order valence-corrected chi connectivity index (χ0v) is 8.31. The van der Waals surface area contributed by atoms with Crippen LogP contribution in [0.25, 0.3) is 6.08 Å². The molecule has 0 unspecified atom stereocenters. The van der Waals surface area contributed by atoms with E-state index in [9.17, 15) is 10.1 Å². The van der Waals surface area contributed by atoms with Crippen LogP contribution in [0.4, 0.5) is 0 Å². The second kappa shape index (κ2) is 7.94. The fraction of sp³-hybridized carbons (Fsp3) is 0.200. The van der Waals surface area contributed by atoms with Gasteiger partial charge in [0.1, 0.15) is 0 Å². The van der Waals surface area contributed by atoms with Crippen LogP contribution in [0.5, 0.6) is 0 Å². The van der Waals surface area contributed by atoms with E-state index in [0.29, 0.717) is 0 Å². The van der Waals surface area contributed by atoms with E-state index in [1.54, 1.807) is 12.1 Å². The van der Waals surface area contributed by atoms with Crippen LogP contribution in [0.3, 0.4) is 0 Å². The Morgan fingerprint density at radius 2 is 1.79 bits per heavy atom. The Morgan fingerprint density at radius 3 is 2.21 bits per heavy atom. The highest BCUT2D eigenvalue weighted by Crippen LogP contribution is 1.99. The third-order valence-corrected chi connectivity index (χ3v) is 1.19. The van der Waals surface area contributed by atoms with E-state index in [1.807, 2.05) is 32.3 Å². The number of nitro groups is 1. The highest BCUT2D eigenvalue weighted by molar-refractivity contribution is 5.47. The van der Waals surface area contributed by atoms with Gasteiger partial charge in [-0.15, -0.1) is 0 Å². The van der Waals surface area contributed by atoms with E-state index in [1.165, 1.54) is 6.08 Å². The molecule has 0 fully saturated rings. The lowest BCUT2D eigenvalue weighted by Crippen LogP contribution is -1.89. The first kappa shape index (κ1) is 12.3. The maximum atomic E-state index is 9.89. The lowest BCUT2D eigenvalue weighted by atomic mass is 10.2. The molecular formula is C10H14N2O2. The number of hydrogen-bond acceptors (Lipinski definition) is 3. The minimum atomic E-state index is -0.479. The monoisotopic (exact) mass is 194 g/mol. The molecular weight excluding hydrogens is 180 g/mol. The standard InChI is InChI=1S/C8H7NO2.C2H7N/c10-9(11)7-6-8-4-2-1-3-5-8;1-3-2/h1-7H;3H,1-2H3. The molecule has 0 heterocycles. The largest absolute Gasteiger partial charge is 0.323 e. The number of rotatable bonds is 2. The lowest BCUT2D eigenvalue weighted by molar-refractivity contribution is -0.400. The highest BCUT2D eigenvalue weighted by atomic mass is 16.6. The van der Waals surface area contributed by atoms with Crippen molar-refractivity contribution in [1.29, 1.82) is 0 Å². The molecule has 0 saturated heterocycles. The molecule has 0 aromatic heterocycles. The molecule has 4 nitrogen and oxygen atoms in total. The Bertz CT molecular complexity index is 283. The zero-order chi connectivity index (χ0) is 10.8. The molecule has 0 aliphatic rings. The fourth-order valence-corrected chi connectivity index (χ4v) is 0.711. The topological polar surface area (TPSA) is 55.2 Å². The summed E-state index contributed by atoms with van der Waals surface area (Å²) in [5.74, 6) is 0. The molecule has 0 bridgehead atoms. The van der Waals surface area contributed by atoms with Crippen molar-refractivity contribution in [2.45, 2.75) is 0 Å². The first-order valence-corrected chi connectivity index (χ1v) is 4.16. The van der Waals surface area contributed by atoms with E-state index in [0.717, 1.165) is 11.8 Å². The van der Waals surface area contributed by atoms with Crippen LogP contribution >= 0.6 is 0 Å². The van der Waals surface area contributed by atoms with E-state index in [-0.39, 0.29) is 0 Å². The smallest absolute Gasteiger partial charge is 0.235 e. The van der Waals surface area contributed by atoms with Crippen LogP contribution < -0.4 is 5.32 Å². The summed E-state index contributed by atoms with van der Waals surface area (Å²) in [5.41, 5.74) is 0.837. The molecule has 0 radical (unpaired) electrons. The Labute approximate surface area is 83.4 Å². The number of nitrogens with one attached hydrogen (secondary N) is 1. The summed E-state index contributed by atoms with van der Waals surface area (Å²) in [6.45, 7) is 0. The molecule has 1 aromatic carbocycles. The molecule has 1 aromatic rings. The van der Waals surface area contributed by atoms with Gasteiger partial charge in [0, 0.05) is 6.08 Å². The summed E-state index contributed by atoms with van der Waals surface area (Å²) in [4.78, 5) is 9.41. The quantitative estimate of drug-likeness (QED) is 0.576. The second-order valence-corrected chi connectivity index (χ2v) is 2.51. The van der Waals surface area contributed by atoms with Gasteiger partial charge in [-0.3, -0.25) is 10.1 Å². The van der Waals surface area contributed by atoms with Gasteiger partial charge < -0.3 is 5.32 Å². The van der Waals surface area contributed by atoms with Gasteiger partial charge in [-0.25, -0.2) is 0 Å². The SMILES string of the molecule is CNC.O=[N+]([O-])C=Cc1ccccc1. The van der Waals surface area contributed by atoms with Crippen molar-refractivity contribution in [3.63, 3.8) is 0 Å². The van der Waals surface area contributed by atoms with Crippen molar-refractivity contribution < 1.29 is 4.92 Å². The zero-order valence-electron chi connectivity index (χ0n) is 8.31. The van der Waals surface area contributed by atoms with Crippen LogP contribution in [0.15, 0.2) is 36.5 Å². The predicted octanol–water partition coefficient (Wildman–Crippen LogP) is 1.77. The summed E-state index contributed by atoms with van der Waals surface area (Å²) < 4.78 is 0. The Kier molecular flexibility index (Phi) is 6.99. The molecule has 0 aliphatic carbocycles. The fourth-order valence-electron chi connectivity index (χ4n) is 0.711. The van der Waals surface area contributed by atoms with Gasteiger partial charge >= 0.3 is 0 Å². The minimum Gasteiger partial charge on any atom is -0.323 e. The molecule has 1 rings (SSSR count). The van der Waals surface area contributed by atoms with Gasteiger partial charge in [0.15, 0.2) is 0 Å². The number of benzene rings is 1.